The van der Waals surface area contributed by atoms with E-state index in [0.29, 0.717) is 12.4 Å². The SMILES string of the molecule is CCCOc1cc(/C=C/C(=O)O)c([N+](=O)[O-])cc1OC. The van der Waals surface area contributed by atoms with E-state index >= 15 is 0 Å². The molecule has 0 bridgehead atoms. The number of benzene rings is 1. The second-order valence-corrected chi connectivity index (χ2v) is 3.84. The highest BCUT2D eigenvalue weighted by Gasteiger charge is 2.18. The third-order valence-corrected chi connectivity index (χ3v) is 2.38. The van der Waals surface area contributed by atoms with Crippen molar-refractivity contribution in [2.24, 2.45) is 0 Å². The van der Waals surface area contributed by atoms with Gasteiger partial charge in [-0.25, -0.2) is 4.79 Å². The summed E-state index contributed by atoms with van der Waals surface area (Å²) >= 11 is 0. The molecule has 7 heteroatoms. The number of carbonyl (C=O) groups is 1. The highest BCUT2D eigenvalue weighted by molar-refractivity contribution is 5.86. The fourth-order valence-electron chi connectivity index (χ4n) is 1.50. The Kier molecular flexibility index (Phi) is 5.52. The van der Waals surface area contributed by atoms with Gasteiger partial charge < -0.3 is 14.6 Å². The fourth-order valence-corrected chi connectivity index (χ4v) is 1.50. The van der Waals surface area contributed by atoms with Crippen LogP contribution >= 0.6 is 0 Å². The number of nitro groups is 1. The molecule has 0 radical (unpaired) electrons. The highest BCUT2D eigenvalue weighted by Crippen LogP contribution is 2.35. The van der Waals surface area contributed by atoms with Gasteiger partial charge in [-0.3, -0.25) is 10.1 Å². The van der Waals surface area contributed by atoms with Crippen molar-refractivity contribution in [2.45, 2.75) is 13.3 Å². The van der Waals surface area contributed by atoms with Gasteiger partial charge in [0.15, 0.2) is 11.5 Å². The molecular weight excluding hydrogens is 266 g/mol. The average molecular weight is 281 g/mol. The molecule has 0 spiro atoms. The normalized spacial score (nSPS) is 10.5. The topological polar surface area (TPSA) is 98.9 Å². The lowest BCUT2D eigenvalue weighted by atomic mass is 10.1. The quantitative estimate of drug-likeness (QED) is 0.468. The van der Waals surface area contributed by atoms with Gasteiger partial charge in [0.05, 0.1) is 30.3 Å². The standard InChI is InChI=1S/C13H15NO6/c1-3-6-20-12-7-9(4-5-13(15)16)10(14(17)18)8-11(12)19-2/h4-5,7-8H,3,6H2,1-2H3,(H,15,16)/b5-4+. The Balaban J connectivity index is 3.30. The maximum Gasteiger partial charge on any atom is 0.328 e. The van der Waals surface area contributed by atoms with Crippen LogP contribution in [0.4, 0.5) is 5.69 Å². The molecule has 1 N–H and O–H groups in total. The minimum atomic E-state index is -1.19. The van der Waals surface area contributed by atoms with Crippen LogP contribution in [0.1, 0.15) is 18.9 Å². The first-order chi connectivity index (χ1) is 9.49. The minimum absolute atomic E-state index is 0.143. The van der Waals surface area contributed by atoms with Gasteiger partial charge in [-0.1, -0.05) is 6.92 Å². The summed E-state index contributed by atoms with van der Waals surface area (Å²) in [6, 6.07) is 2.61. The summed E-state index contributed by atoms with van der Waals surface area (Å²) in [6.07, 6.45) is 2.75. The number of aliphatic carboxylic acids is 1. The average Bonchev–Trinajstić information content (AvgIpc) is 2.41. The Labute approximate surface area is 115 Å². The third kappa shape index (κ3) is 3.98. The van der Waals surface area contributed by atoms with E-state index < -0.39 is 10.9 Å². The molecule has 0 atom stereocenters. The number of methoxy groups -OCH3 is 1. The number of rotatable bonds is 7. The number of hydrogen-bond acceptors (Lipinski definition) is 5. The van der Waals surface area contributed by atoms with Gasteiger partial charge in [-0.2, -0.15) is 0 Å². The number of carboxylic acids is 1. The van der Waals surface area contributed by atoms with Crippen molar-refractivity contribution in [3.05, 3.63) is 33.9 Å². The zero-order valence-electron chi connectivity index (χ0n) is 11.2. The van der Waals surface area contributed by atoms with Gasteiger partial charge in [-0.15, -0.1) is 0 Å². The summed E-state index contributed by atoms with van der Waals surface area (Å²) in [7, 11) is 1.38. The molecule has 0 saturated carbocycles. The Bertz CT molecular complexity index is 538. The first-order valence-corrected chi connectivity index (χ1v) is 5.89. The monoisotopic (exact) mass is 281 g/mol. The van der Waals surface area contributed by atoms with E-state index in [-0.39, 0.29) is 17.0 Å². The van der Waals surface area contributed by atoms with Crippen LogP contribution in [0.3, 0.4) is 0 Å². The van der Waals surface area contributed by atoms with Crippen molar-refractivity contribution in [2.75, 3.05) is 13.7 Å². The molecule has 0 heterocycles. The maximum atomic E-state index is 11.0. The summed E-state index contributed by atoms with van der Waals surface area (Å²) in [5, 5.41) is 19.6. The Morgan fingerprint density at radius 2 is 2.15 bits per heavy atom. The lowest BCUT2D eigenvalue weighted by Gasteiger charge is -2.11. The fraction of sp³-hybridized carbons (Fsp3) is 0.308. The van der Waals surface area contributed by atoms with E-state index in [1.165, 1.54) is 19.2 Å². The van der Waals surface area contributed by atoms with Crippen LogP contribution in [-0.4, -0.2) is 29.7 Å². The smallest absolute Gasteiger partial charge is 0.328 e. The molecule has 0 amide bonds. The largest absolute Gasteiger partial charge is 0.493 e. The van der Waals surface area contributed by atoms with E-state index in [0.717, 1.165) is 18.6 Å². The van der Waals surface area contributed by atoms with Gasteiger partial charge >= 0.3 is 5.97 Å². The second kappa shape index (κ2) is 7.13. The maximum absolute atomic E-state index is 11.0. The van der Waals surface area contributed by atoms with Gasteiger partial charge in [-0.05, 0) is 18.6 Å². The molecule has 1 aromatic rings. The van der Waals surface area contributed by atoms with Gasteiger partial charge in [0.1, 0.15) is 0 Å². The summed E-state index contributed by atoms with van der Waals surface area (Å²) in [5.41, 5.74) is -0.104. The van der Waals surface area contributed by atoms with Crippen LogP contribution in [-0.2, 0) is 4.79 Å². The van der Waals surface area contributed by atoms with Crippen LogP contribution in [0.15, 0.2) is 18.2 Å². The summed E-state index contributed by atoms with van der Waals surface area (Å²) in [5.74, 6) is -0.617. The molecule has 0 aliphatic carbocycles. The Morgan fingerprint density at radius 3 is 2.65 bits per heavy atom. The number of nitrogens with zero attached hydrogens (tertiary/aromatic N) is 1. The van der Waals surface area contributed by atoms with Crippen LogP contribution in [0.5, 0.6) is 11.5 Å². The van der Waals surface area contributed by atoms with Gasteiger partial charge in [0, 0.05) is 6.08 Å². The molecule has 0 aliphatic heterocycles. The predicted octanol–water partition coefficient (Wildman–Crippen LogP) is 2.49. The van der Waals surface area contributed by atoms with Crippen molar-refractivity contribution in [1.29, 1.82) is 0 Å². The zero-order chi connectivity index (χ0) is 15.1. The number of nitro benzene ring substituents is 1. The first-order valence-electron chi connectivity index (χ1n) is 5.89. The molecule has 1 aromatic carbocycles. The lowest BCUT2D eigenvalue weighted by Crippen LogP contribution is -2.00. The van der Waals surface area contributed by atoms with Crippen molar-refractivity contribution < 1.29 is 24.3 Å². The molecule has 0 aromatic heterocycles. The molecule has 0 saturated heterocycles. The summed E-state index contributed by atoms with van der Waals surface area (Å²) in [4.78, 5) is 20.9. The summed E-state index contributed by atoms with van der Waals surface area (Å²) < 4.78 is 10.5. The minimum Gasteiger partial charge on any atom is -0.493 e. The molecule has 0 fully saturated rings. The van der Waals surface area contributed by atoms with Crippen molar-refractivity contribution in [1.82, 2.24) is 0 Å². The van der Waals surface area contributed by atoms with E-state index in [9.17, 15) is 14.9 Å². The van der Waals surface area contributed by atoms with E-state index in [1.807, 2.05) is 6.92 Å². The van der Waals surface area contributed by atoms with E-state index in [4.69, 9.17) is 14.6 Å². The lowest BCUT2D eigenvalue weighted by molar-refractivity contribution is -0.385. The second-order valence-electron chi connectivity index (χ2n) is 3.84. The molecule has 1 rings (SSSR count). The van der Waals surface area contributed by atoms with Crippen LogP contribution < -0.4 is 9.47 Å². The Hall–Kier alpha value is -2.57. The number of hydrogen-bond donors (Lipinski definition) is 1. The van der Waals surface area contributed by atoms with Crippen molar-refractivity contribution in [3.8, 4) is 11.5 Å². The molecular formula is C13H15NO6. The van der Waals surface area contributed by atoms with Crippen molar-refractivity contribution >= 4 is 17.7 Å². The zero-order valence-corrected chi connectivity index (χ0v) is 11.2. The predicted molar refractivity (Wildman–Crippen MR) is 72.1 cm³/mol. The highest BCUT2D eigenvalue weighted by atomic mass is 16.6. The number of carboxylic acid groups (broad SMARTS) is 1. The summed E-state index contributed by atoms with van der Waals surface area (Å²) in [6.45, 7) is 2.35. The van der Waals surface area contributed by atoms with Crippen molar-refractivity contribution in [3.63, 3.8) is 0 Å². The molecule has 7 nitrogen and oxygen atoms in total. The molecule has 0 aliphatic rings. The molecule has 108 valence electrons. The van der Waals surface area contributed by atoms with Crippen LogP contribution in [0, 0.1) is 10.1 Å². The Morgan fingerprint density at radius 1 is 1.45 bits per heavy atom. The first kappa shape index (κ1) is 15.5. The van der Waals surface area contributed by atoms with Crippen LogP contribution in [0.25, 0.3) is 6.08 Å². The van der Waals surface area contributed by atoms with Gasteiger partial charge in [0.2, 0.25) is 0 Å². The van der Waals surface area contributed by atoms with Gasteiger partial charge in [0.25, 0.3) is 5.69 Å². The van der Waals surface area contributed by atoms with E-state index in [2.05, 4.69) is 0 Å². The van der Waals surface area contributed by atoms with E-state index in [1.54, 1.807) is 0 Å². The molecule has 0 unspecified atom stereocenters. The number of ether oxygens (including phenoxy) is 2. The van der Waals surface area contributed by atoms with Crippen LogP contribution in [0.2, 0.25) is 0 Å². The molecule has 20 heavy (non-hydrogen) atoms. The third-order valence-electron chi connectivity index (χ3n) is 2.38.